The lowest BCUT2D eigenvalue weighted by molar-refractivity contribution is -0.117. The first kappa shape index (κ1) is 21.5. The Kier molecular flexibility index (Phi) is 5.81. The highest BCUT2D eigenvalue weighted by Gasteiger charge is 2.30. The summed E-state index contributed by atoms with van der Waals surface area (Å²) in [6.07, 6.45) is 4.95. The van der Waals surface area contributed by atoms with Gasteiger partial charge in [0.15, 0.2) is 0 Å². The lowest BCUT2D eigenvalue weighted by atomic mass is 9.82. The fraction of sp³-hybridized carbons (Fsp3) is 0.320. The number of halogens is 1. The summed E-state index contributed by atoms with van der Waals surface area (Å²) >= 11 is 6.21. The molecule has 2 fully saturated rings. The van der Waals surface area contributed by atoms with Gasteiger partial charge in [-0.1, -0.05) is 36.2 Å². The van der Waals surface area contributed by atoms with Gasteiger partial charge in [-0.2, -0.15) is 9.78 Å². The Labute approximate surface area is 196 Å². The van der Waals surface area contributed by atoms with E-state index in [1.807, 2.05) is 24.3 Å². The molecule has 2 amide bonds. The van der Waals surface area contributed by atoms with Gasteiger partial charge in [0.1, 0.15) is 5.75 Å². The van der Waals surface area contributed by atoms with Crippen LogP contribution in [0.3, 0.4) is 0 Å². The zero-order valence-corrected chi connectivity index (χ0v) is 18.8. The van der Waals surface area contributed by atoms with Crippen molar-refractivity contribution in [1.82, 2.24) is 15.1 Å². The Morgan fingerprint density at radius 3 is 2.55 bits per heavy atom. The average Bonchev–Trinajstić information content (AvgIpc) is 3.53. The SMILES string of the molecule is O=C(Nc1ccc(-c2cc(C3CCC3)n(C(=O)NCc3ccccc3Cl)n2)c(O)c1)C1CC1. The van der Waals surface area contributed by atoms with Gasteiger partial charge < -0.3 is 15.7 Å². The van der Waals surface area contributed by atoms with Gasteiger partial charge in [0.05, 0.1) is 11.4 Å². The molecule has 2 aromatic carbocycles. The number of nitrogens with one attached hydrogen (secondary N) is 2. The summed E-state index contributed by atoms with van der Waals surface area (Å²) in [6.45, 7) is 0.290. The van der Waals surface area contributed by atoms with Crippen LogP contribution in [0.4, 0.5) is 10.5 Å². The minimum Gasteiger partial charge on any atom is -0.507 e. The zero-order valence-electron chi connectivity index (χ0n) is 18.1. The van der Waals surface area contributed by atoms with Crippen LogP contribution in [0, 0.1) is 5.92 Å². The number of phenolic OH excluding ortho intramolecular Hbond substituents is 1. The first-order chi connectivity index (χ1) is 16.0. The van der Waals surface area contributed by atoms with Crippen LogP contribution in [0.25, 0.3) is 11.3 Å². The maximum absolute atomic E-state index is 13.0. The van der Waals surface area contributed by atoms with Crippen molar-refractivity contribution in [3.8, 4) is 17.0 Å². The predicted octanol–water partition coefficient (Wildman–Crippen LogP) is 5.28. The van der Waals surface area contributed by atoms with Gasteiger partial charge in [0.25, 0.3) is 0 Å². The molecule has 1 aromatic heterocycles. The summed E-state index contributed by atoms with van der Waals surface area (Å²) < 4.78 is 1.40. The minimum atomic E-state index is -0.337. The Morgan fingerprint density at radius 2 is 1.88 bits per heavy atom. The highest BCUT2D eigenvalue weighted by molar-refractivity contribution is 6.31. The molecule has 0 saturated heterocycles. The predicted molar refractivity (Wildman–Crippen MR) is 126 cm³/mol. The second-order valence-corrected chi connectivity index (χ2v) is 9.15. The van der Waals surface area contributed by atoms with Crippen LogP contribution in [-0.4, -0.2) is 26.8 Å². The molecule has 3 aromatic rings. The smallest absolute Gasteiger partial charge is 0.342 e. The number of carbonyl (C=O) groups excluding carboxylic acids is 2. The molecule has 7 nitrogen and oxygen atoms in total. The quantitative estimate of drug-likeness (QED) is 0.462. The Hall–Kier alpha value is -3.32. The van der Waals surface area contributed by atoms with E-state index < -0.39 is 0 Å². The van der Waals surface area contributed by atoms with Crippen LogP contribution in [0.5, 0.6) is 5.75 Å². The van der Waals surface area contributed by atoms with Crippen LogP contribution in [0.2, 0.25) is 5.02 Å². The molecule has 8 heteroatoms. The van der Waals surface area contributed by atoms with E-state index in [0.29, 0.717) is 28.5 Å². The molecular formula is C25H25ClN4O3. The third kappa shape index (κ3) is 4.59. The zero-order chi connectivity index (χ0) is 22.9. The van der Waals surface area contributed by atoms with E-state index in [0.717, 1.165) is 43.4 Å². The van der Waals surface area contributed by atoms with Gasteiger partial charge in [-0.25, -0.2) is 4.79 Å². The number of carbonyl (C=O) groups is 2. The van der Waals surface area contributed by atoms with Crippen LogP contribution >= 0.6 is 11.6 Å². The van der Waals surface area contributed by atoms with Crippen molar-refractivity contribution in [3.05, 3.63) is 64.8 Å². The van der Waals surface area contributed by atoms with E-state index >= 15 is 0 Å². The third-order valence-corrected chi connectivity index (χ3v) is 6.70. The minimum absolute atomic E-state index is 0.00452. The first-order valence-electron chi connectivity index (χ1n) is 11.3. The summed E-state index contributed by atoms with van der Waals surface area (Å²) in [7, 11) is 0. The van der Waals surface area contributed by atoms with Gasteiger partial charge in [-0.05, 0) is 55.5 Å². The van der Waals surface area contributed by atoms with Crippen LogP contribution < -0.4 is 10.6 Å². The highest BCUT2D eigenvalue weighted by Crippen LogP contribution is 2.39. The number of aromatic hydroxyl groups is 1. The molecule has 33 heavy (non-hydrogen) atoms. The molecular weight excluding hydrogens is 440 g/mol. The Balaban J connectivity index is 1.38. The third-order valence-electron chi connectivity index (χ3n) is 6.33. The summed E-state index contributed by atoms with van der Waals surface area (Å²) in [5.41, 5.74) is 3.23. The second-order valence-electron chi connectivity index (χ2n) is 8.74. The van der Waals surface area contributed by atoms with Crippen molar-refractivity contribution < 1.29 is 14.7 Å². The number of nitrogens with zero attached hydrogens (tertiary/aromatic N) is 2. The van der Waals surface area contributed by atoms with Gasteiger partial charge in [-0.3, -0.25) is 4.79 Å². The lowest BCUT2D eigenvalue weighted by Gasteiger charge is -2.25. The normalized spacial score (nSPS) is 15.7. The van der Waals surface area contributed by atoms with E-state index in [-0.39, 0.29) is 29.5 Å². The second kappa shape index (κ2) is 8.90. The summed E-state index contributed by atoms with van der Waals surface area (Å²) in [4.78, 5) is 25.0. The number of aromatic nitrogens is 2. The highest BCUT2D eigenvalue weighted by atomic mass is 35.5. The molecule has 3 N–H and O–H groups in total. The van der Waals surface area contributed by atoms with Gasteiger partial charge in [0, 0.05) is 40.7 Å². The largest absolute Gasteiger partial charge is 0.507 e. The molecule has 170 valence electrons. The van der Waals surface area contributed by atoms with Crippen molar-refractivity contribution in [2.45, 2.75) is 44.6 Å². The number of benzene rings is 2. The fourth-order valence-corrected chi connectivity index (χ4v) is 4.19. The monoisotopic (exact) mass is 464 g/mol. The molecule has 0 unspecified atom stereocenters. The molecule has 2 saturated carbocycles. The summed E-state index contributed by atoms with van der Waals surface area (Å²) in [5.74, 6) is 0.326. The van der Waals surface area contributed by atoms with Gasteiger partial charge in [0.2, 0.25) is 5.91 Å². The van der Waals surface area contributed by atoms with Gasteiger partial charge >= 0.3 is 6.03 Å². The standard InChI is InChI=1S/C25H25ClN4O3/c26-20-7-2-1-4-17(20)14-27-25(33)30-22(15-5-3-6-15)13-21(29-30)19-11-10-18(12-23(19)31)28-24(32)16-8-9-16/h1-2,4,7,10-13,15-16,31H,3,5-6,8-9,14H2,(H,27,33)(H,28,32). The van der Waals surface area contributed by atoms with E-state index in [1.165, 1.54) is 10.7 Å². The van der Waals surface area contributed by atoms with E-state index in [9.17, 15) is 14.7 Å². The number of rotatable bonds is 6. The van der Waals surface area contributed by atoms with Crippen molar-refractivity contribution in [1.29, 1.82) is 0 Å². The van der Waals surface area contributed by atoms with Crippen LogP contribution in [0.1, 0.15) is 49.3 Å². The molecule has 2 aliphatic carbocycles. The van der Waals surface area contributed by atoms with E-state index in [4.69, 9.17) is 11.6 Å². The van der Waals surface area contributed by atoms with E-state index in [2.05, 4.69) is 15.7 Å². The molecule has 2 aliphatic rings. The summed E-state index contributed by atoms with van der Waals surface area (Å²) in [5, 5.41) is 21.5. The van der Waals surface area contributed by atoms with Crippen molar-refractivity contribution in [3.63, 3.8) is 0 Å². The van der Waals surface area contributed by atoms with Crippen molar-refractivity contribution >= 4 is 29.2 Å². The van der Waals surface area contributed by atoms with Crippen LogP contribution in [-0.2, 0) is 11.3 Å². The average molecular weight is 465 g/mol. The van der Waals surface area contributed by atoms with Crippen LogP contribution in [0.15, 0.2) is 48.5 Å². The number of hydrogen-bond donors (Lipinski definition) is 3. The number of hydrogen-bond acceptors (Lipinski definition) is 4. The molecule has 0 radical (unpaired) electrons. The Morgan fingerprint density at radius 1 is 1.09 bits per heavy atom. The molecule has 0 spiro atoms. The fourth-order valence-electron chi connectivity index (χ4n) is 3.99. The number of anilines is 1. The maximum Gasteiger partial charge on any atom is 0.342 e. The van der Waals surface area contributed by atoms with Crippen molar-refractivity contribution in [2.75, 3.05) is 5.32 Å². The topological polar surface area (TPSA) is 96.3 Å². The first-order valence-corrected chi connectivity index (χ1v) is 11.6. The molecule has 5 rings (SSSR count). The molecule has 1 heterocycles. The van der Waals surface area contributed by atoms with Crippen molar-refractivity contribution in [2.24, 2.45) is 5.92 Å². The van der Waals surface area contributed by atoms with E-state index in [1.54, 1.807) is 18.2 Å². The number of phenols is 1. The molecule has 0 atom stereocenters. The number of amides is 2. The molecule has 0 bridgehead atoms. The Bertz CT molecular complexity index is 1210. The maximum atomic E-state index is 13.0. The van der Waals surface area contributed by atoms with Gasteiger partial charge in [-0.15, -0.1) is 0 Å². The summed E-state index contributed by atoms with van der Waals surface area (Å²) in [6, 6.07) is 13.9. The lowest BCUT2D eigenvalue weighted by Crippen LogP contribution is -2.31. The molecule has 0 aliphatic heterocycles.